The Bertz CT molecular complexity index is 838. The first-order valence-corrected chi connectivity index (χ1v) is 7.15. The van der Waals surface area contributed by atoms with E-state index in [0.29, 0.717) is 5.56 Å². The van der Waals surface area contributed by atoms with Crippen LogP contribution in [0.2, 0.25) is 0 Å². The highest BCUT2D eigenvalue weighted by Gasteiger charge is 2.33. The molecule has 1 nitrogen and oxygen atoms in total. The Balaban J connectivity index is 2.12. The molecular weight excluding hydrogens is 299 g/mol. The second-order valence-electron chi connectivity index (χ2n) is 5.34. The fourth-order valence-electron chi connectivity index (χ4n) is 2.52. The molecule has 3 rings (SSSR count). The normalized spacial score (nSPS) is 11.5. The number of alkyl halides is 3. The van der Waals surface area contributed by atoms with E-state index in [0.717, 1.165) is 22.9 Å². The number of halogens is 3. The summed E-state index contributed by atoms with van der Waals surface area (Å²) < 4.78 is 39.6. The molecule has 0 saturated heterocycles. The minimum atomic E-state index is -4.38. The lowest BCUT2D eigenvalue weighted by Gasteiger charge is -2.13. The molecule has 0 N–H and O–H groups in total. The van der Waals surface area contributed by atoms with E-state index < -0.39 is 11.7 Å². The molecule has 0 aliphatic rings. The molecule has 0 spiro atoms. The molecule has 116 valence electrons. The topological polar surface area (TPSA) is 12.9 Å². The fourth-order valence-corrected chi connectivity index (χ4v) is 2.52. The highest BCUT2D eigenvalue weighted by atomic mass is 19.4. The number of hydrogen-bond acceptors (Lipinski definition) is 1. The van der Waals surface area contributed by atoms with E-state index in [1.165, 1.54) is 12.1 Å². The van der Waals surface area contributed by atoms with Crippen LogP contribution in [-0.4, -0.2) is 4.98 Å². The standard InChI is InChI=1S/C19H14F3N/c1-13-9-10-23-18(11-13)15-6-4-5-14(12-15)16-7-2-3-8-17(16)19(20,21)22/h2-12H,1H3. The first-order valence-electron chi connectivity index (χ1n) is 7.15. The summed E-state index contributed by atoms with van der Waals surface area (Å²) in [6, 6.07) is 16.4. The van der Waals surface area contributed by atoms with Crippen LogP contribution in [-0.2, 0) is 6.18 Å². The van der Waals surface area contributed by atoms with E-state index in [9.17, 15) is 13.2 Å². The van der Waals surface area contributed by atoms with Gasteiger partial charge in [-0.1, -0.05) is 36.4 Å². The van der Waals surface area contributed by atoms with Crippen LogP contribution in [0.25, 0.3) is 22.4 Å². The van der Waals surface area contributed by atoms with Crippen LogP contribution < -0.4 is 0 Å². The Morgan fingerprint density at radius 1 is 0.826 bits per heavy atom. The van der Waals surface area contributed by atoms with E-state index in [1.54, 1.807) is 30.5 Å². The molecule has 0 bridgehead atoms. The van der Waals surface area contributed by atoms with Gasteiger partial charge in [-0.2, -0.15) is 13.2 Å². The quantitative estimate of drug-likeness (QED) is 0.587. The fraction of sp³-hybridized carbons (Fsp3) is 0.105. The van der Waals surface area contributed by atoms with Crippen LogP contribution in [0.15, 0.2) is 66.9 Å². The second kappa shape index (κ2) is 5.88. The van der Waals surface area contributed by atoms with Gasteiger partial charge < -0.3 is 0 Å². The van der Waals surface area contributed by atoms with Gasteiger partial charge in [-0.05, 0) is 47.9 Å². The summed E-state index contributed by atoms with van der Waals surface area (Å²) in [5.74, 6) is 0. The molecule has 0 radical (unpaired) electrons. The lowest BCUT2D eigenvalue weighted by atomic mass is 9.97. The van der Waals surface area contributed by atoms with Crippen molar-refractivity contribution in [2.75, 3.05) is 0 Å². The van der Waals surface area contributed by atoms with Gasteiger partial charge >= 0.3 is 6.18 Å². The summed E-state index contributed by atoms with van der Waals surface area (Å²) in [6.07, 6.45) is -2.69. The molecule has 0 atom stereocenters. The van der Waals surface area contributed by atoms with Gasteiger partial charge in [0.2, 0.25) is 0 Å². The average molecular weight is 313 g/mol. The Morgan fingerprint density at radius 3 is 2.30 bits per heavy atom. The Labute approximate surface area is 132 Å². The zero-order valence-corrected chi connectivity index (χ0v) is 12.4. The highest BCUT2D eigenvalue weighted by Crippen LogP contribution is 2.37. The number of aryl methyl sites for hydroxylation is 1. The van der Waals surface area contributed by atoms with Gasteiger partial charge in [0, 0.05) is 11.8 Å². The summed E-state index contributed by atoms with van der Waals surface area (Å²) in [5.41, 5.74) is 2.66. The summed E-state index contributed by atoms with van der Waals surface area (Å²) in [4.78, 5) is 4.29. The highest BCUT2D eigenvalue weighted by molar-refractivity contribution is 5.74. The molecule has 1 aromatic heterocycles. The number of hydrogen-bond donors (Lipinski definition) is 0. The molecule has 0 saturated carbocycles. The predicted molar refractivity (Wildman–Crippen MR) is 84.8 cm³/mol. The SMILES string of the molecule is Cc1ccnc(-c2cccc(-c3ccccc3C(F)(F)F)c2)c1. The third-order valence-corrected chi connectivity index (χ3v) is 3.62. The monoisotopic (exact) mass is 313 g/mol. The van der Waals surface area contributed by atoms with Crippen LogP contribution in [0.5, 0.6) is 0 Å². The van der Waals surface area contributed by atoms with Gasteiger partial charge in [0.25, 0.3) is 0 Å². The molecule has 0 unspecified atom stereocenters. The maximum absolute atomic E-state index is 13.2. The predicted octanol–water partition coefficient (Wildman–Crippen LogP) is 5.74. The first kappa shape index (κ1) is 15.3. The van der Waals surface area contributed by atoms with E-state index >= 15 is 0 Å². The number of rotatable bonds is 2. The second-order valence-corrected chi connectivity index (χ2v) is 5.34. The summed E-state index contributed by atoms with van der Waals surface area (Å²) in [5, 5.41) is 0. The lowest BCUT2D eigenvalue weighted by Crippen LogP contribution is -2.06. The Morgan fingerprint density at radius 2 is 1.57 bits per heavy atom. The van der Waals surface area contributed by atoms with E-state index in [2.05, 4.69) is 4.98 Å². The number of benzene rings is 2. The molecule has 0 amide bonds. The zero-order chi connectivity index (χ0) is 16.4. The maximum Gasteiger partial charge on any atom is 0.417 e. The van der Waals surface area contributed by atoms with Crippen LogP contribution in [0.3, 0.4) is 0 Å². The third-order valence-electron chi connectivity index (χ3n) is 3.62. The molecule has 0 aliphatic carbocycles. The molecule has 0 fully saturated rings. The van der Waals surface area contributed by atoms with Gasteiger partial charge in [-0.15, -0.1) is 0 Å². The van der Waals surface area contributed by atoms with Gasteiger partial charge in [0.15, 0.2) is 0 Å². The smallest absolute Gasteiger partial charge is 0.256 e. The minimum absolute atomic E-state index is 0.175. The van der Waals surface area contributed by atoms with Gasteiger partial charge in [-0.3, -0.25) is 4.98 Å². The van der Waals surface area contributed by atoms with Crippen molar-refractivity contribution in [1.82, 2.24) is 4.98 Å². The van der Waals surface area contributed by atoms with Crippen molar-refractivity contribution in [3.8, 4) is 22.4 Å². The third kappa shape index (κ3) is 3.26. The van der Waals surface area contributed by atoms with Crippen LogP contribution in [0.4, 0.5) is 13.2 Å². The summed E-state index contributed by atoms with van der Waals surface area (Å²) in [6.45, 7) is 1.95. The van der Waals surface area contributed by atoms with Gasteiger partial charge in [0.05, 0.1) is 11.3 Å². The zero-order valence-electron chi connectivity index (χ0n) is 12.4. The first-order chi connectivity index (χ1) is 10.9. The van der Waals surface area contributed by atoms with Crippen molar-refractivity contribution in [3.63, 3.8) is 0 Å². The van der Waals surface area contributed by atoms with Gasteiger partial charge in [-0.25, -0.2) is 0 Å². The summed E-state index contributed by atoms with van der Waals surface area (Å²) >= 11 is 0. The largest absolute Gasteiger partial charge is 0.417 e. The van der Waals surface area contributed by atoms with Crippen molar-refractivity contribution in [2.24, 2.45) is 0 Å². The molecule has 0 aliphatic heterocycles. The van der Waals surface area contributed by atoms with Crippen LogP contribution in [0, 0.1) is 6.92 Å². The number of aromatic nitrogens is 1. The summed E-state index contributed by atoms with van der Waals surface area (Å²) in [7, 11) is 0. The number of nitrogens with zero attached hydrogens (tertiary/aromatic N) is 1. The van der Waals surface area contributed by atoms with Crippen molar-refractivity contribution < 1.29 is 13.2 Å². The molecule has 3 aromatic rings. The number of pyridine rings is 1. The molecule has 2 aromatic carbocycles. The molecule has 1 heterocycles. The van der Waals surface area contributed by atoms with Crippen molar-refractivity contribution in [3.05, 3.63) is 78.0 Å². The van der Waals surface area contributed by atoms with E-state index in [4.69, 9.17) is 0 Å². The Kier molecular flexibility index (Phi) is 3.90. The molecule has 4 heteroatoms. The van der Waals surface area contributed by atoms with E-state index in [-0.39, 0.29) is 5.56 Å². The molecular formula is C19H14F3N. The molecule has 23 heavy (non-hydrogen) atoms. The van der Waals surface area contributed by atoms with Crippen molar-refractivity contribution in [2.45, 2.75) is 13.1 Å². The average Bonchev–Trinajstić information content (AvgIpc) is 2.54. The van der Waals surface area contributed by atoms with Gasteiger partial charge in [0.1, 0.15) is 0 Å². The minimum Gasteiger partial charge on any atom is -0.256 e. The van der Waals surface area contributed by atoms with Crippen LogP contribution in [0.1, 0.15) is 11.1 Å². The van der Waals surface area contributed by atoms with Crippen molar-refractivity contribution in [1.29, 1.82) is 0 Å². The van der Waals surface area contributed by atoms with E-state index in [1.807, 2.05) is 25.1 Å². The van der Waals surface area contributed by atoms with Crippen LogP contribution >= 0.6 is 0 Å². The Hall–Kier alpha value is -2.62. The maximum atomic E-state index is 13.2. The van der Waals surface area contributed by atoms with Crippen molar-refractivity contribution >= 4 is 0 Å². The lowest BCUT2D eigenvalue weighted by molar-refractivity contribution is -0.137.